The maximum absolute atomic E-state index is 12.7. The summed E-state index contributed by atoms with van der Waals surface area (Å²) in [6.07, 6.45) is 4.24. The molecule has 1 fully saturated rings. The number of tetrazole rings is 1. The van der Waals surface area contributed by atoms with Gasteiger partial charge in [0.15, 0.2) is 0 Å². The van der Waals surface area contributed by atoms with E-state index in [9.17, 15) is 4.79 Å². The van der Waals surface area contributed by atoms with Gasteiger partial charge in [-0.25, -0.2) is 4.68 Å². The predicted molar refractivity (Wildman–Crippen MR) is 104 cm³/mol. The molecule has 2 heterocycles. The standard InChI is InChI=1S/C20H22N6O/c1-15-6-2-3-7-16(15)12-20(27)22-18-13-17(26-14-21-23-24-26)8-9-19(18)25-10-4-5-11-25/h2-3,6-9,13-14H,4-5,10-12H2,1H3,(H,22,27). The molecule has 0 saturated carbocycles. The molecule has 138 valence electrons. The third-order valence-electron chi connectivity index (χ3n) is 4.93. The predicted octanol–water partition coefficient (Wildman–Crippen LogP) is 2.75. The number of anilines is 2. The van der Waals surface area contributed by atoms with Gasteiger partial charge in [0.1, 0.15) is 6.33 Å². The third-order valence-corrected chi connectivity index (χ3v) is 4.93. The van der Waals surface area contributed by atoms with Crippen LogP contribution in [-0.4, -0.2) is 39.2 Å². The number of rotatable bonds is 5. The Balaban J connectivity index is 1.61. The Morgan fingerprint density at radius 1 is 1.15 bits per heavy atom. The van der Waals surface area contributed by atoms with Gasteiger partial charge in [0.05, 0.1) is 23.5 Å². The molecule has 0 spiro atoms. The topological polar surface area (TPSA) is 75.9 Å². The van der Waals surface area contributed by atoms with Crippen molar-refractivity contribution in [3.05, 3.63) is 59.9 Å². The van der Waals surface area contributed by atoms with Gasteiger partial charge in [0.2, 0.25) is 5.91 Å². The molecular weight excluding hydrogens is 340 g/mol. The number of aryl methyl sites for hydroxylation is 1. The molecule has 1 aliphatic heterocycles. The molecule has 1 N–H and O–H groups in total. The number of nitrogens with zero attached hydrogens (tertiary/aromatic N) is 5. The zero-order chi connectivity index (χ0) is 18.6. The number of carbonyl (C=O) groups is 1. The van der Waals surface area contributed by atoms with Gasteiger partial charge in [-0.15, -0.1) is 5.10 Å². The van der Waals surface area contributed by atoms with E-state index >= 15 is 0 Å². The molecule has 0 unspecified atom stereocenters. The largest absolute Gasteiger partial charge is 0.370 e. The van der Waals surface area contributed by atoms with E-state index in [0.29, 0.717) is 6.42 Å². The molecule has 1 saturated heterocycles. The number of carbonyl (C=O) groups excluding carboxylic acids is 1. The maximum Gasteiger partial charge on any atom is 0.228 e. The van der Waals surface area contributed by atoms with Crippen LogP contribution in [-0.2, 0) is 11.2 Å². The van der Waals surface area contributed by atoms with E-state index < -0.39 is 0 Å². The molecule has 0 aliphatic carbocycles. The Hall–Kier alpha value is -3.22. The van der Waals surface area contributed by atoms with Gasteiger partial charge in [0, 0.05) is 13.1 Å². The van der Waals surface area contributed by atoms with E-state index in [4.69, 9.17) is 0 Å². The lowest BCUT2D eigenvalue weighted by molar-refractivity contribution is -0.115. The summed E-state index contributed by atoms with van der Waals surface area (Å²) in [6.45, 7) is 4.03. The molecule has 1 amide bonds. The molecule has 3 aromatic rings. The number of hydrogen-bond donors (Lipinski definition) is 1. The van der Waals surface area contributed by atoms with Gasteiger partial charge >= 0.3 is 0 Å². The summed E-state index contributed by atoms with van der Waals surface area (Å²) in [4.78, 5) is 15.0. The monoisotopic (exact) mass is 362 g/mol. The van der Waals surface area contributed by atoms with Crippen LogP contribution in [0.15, 0.2) is 48.8 Å². The minimum absolute atomic E-state index is 0.0291. The van der Waals surface area contributed by atoms with Crippen molar-refractivity contribution < 1.29 is 4.79 Å². The molecule has 0 bridgehead atoms. The Bertz CT molecular complexity index is 931. The number of hydrogen-bond acceptors (Lipinski definition) is 5. The van der Waals surface area contributed by atoms with Crippen LogP contribution in [0.25, 0.3) is 5.69 Å². The fourth-order valence-electron chi connectivity index (χ4n) is 3.46. The lowest BCUT2D eigenvalue weighted by atomic mass is 10.1. The van der Waals surface area contributed by atoms with Gasteiger partial charge in [-0.05, 0) is 59.5 Å². The minimum atomic E-state index is -0.0291. The fraction of sp³-hybridized carbons (Fsp3) is 0.300. The van der Waals surface area contributed by atoms with Crippen LogP contribution in [0.2, 0.25) is 0 Å². The van der Waals surface area contributed by atoms with Crippen LogP contribution in [0.4, 0.5) is 11.4 Å². The summed E-state index contributed by atoms with van der Waals surface area (Å²) in [5.74, 6) is -0.0291. The van der Waals surface area contributed by atoms with Crippen molar-refractivity contribution in [3.8, 4) is 5.69 Å². The first kappa shape index (κ1) is 17.2. The number of aromatic nitrogens is 4. The Kier molecular flexibility index (Phi) is 4.82. The summed E-state index contributed by atoms with van der Waals surface area (Å²) in [5, 5.41) is 14.4. The van der Waals surface area contributed by atoms with Crippen molar-refractivity contribution in [3.63, 3.8) is 0 Å². The van der Waals surface area contributed by atoms with Crippen molar-refractivity contribution >= 4 is 17.3 Å². The van der Waals surface area contributed by atoms with Crippen molar-refractivity contribution in [2.45, 2.75) is 26.2 Å². The summed E-state index contributed by atoms with van der Waals surface area (Å²) in [7, 11) is 0. The molecule has 1 aromatic heterocycles. The smallest absolute Gasteiger partial charge is 0.228 e. The molecule has 0 radical (unpaired) electrons. The van der Waals surface area contributed by atoms with E-state index in [1.165, 1.54) is 12.8 Å². The maximum atomic E-state index is 12.7. The SMILES string of the molecule is Cc1ccccc1CC(=O)Nc1cc(-n2cnnn2)ccc1N1CCCC1. The average molecular weight is 362 g/mol. The van der Waals surface area contributed by atoms with Gasteiger partial charge in [-0.1, -0.05) is 24.3 Å². The molecule has 1 aliphatic rings. The molecule has 7 nitrogen and oxygen atoms in total. The van der Waals surface area contributed by atoms with Gasteiger partial charge < -0.3 is 10.2 Å². The lowest BCUT2D eigenvalue weighted by Gasteiger charge is -2.22. The van der Waals surface area contributed by atoms with Gasteiger partial charge in [-0.2, -0.15) is 0 Å². The van der Waals surface area contributed by atoms with Crippen LogP contribution in [0.5, 0.6) is 0 Å². The summed E-state index contributed by atoms with van der Waals surface area (Å²) >= 11 is 0. The highest BCUT2D eigenvalue weighted by molar-refractivity contribution is 5.96. The van der Waals surface area contributed by atoms with E-state index in [2.05, 4.69) is 25.7 Å². The van der Waals surface area contributed by atoms with Crippen molar-refractivity contribution in [2.75, 3.05) is 23.3 Å². The van der Waals surface area contributed by atoms with E-state index in [1.54, 1.807) is 11.0 Å². The second-order valence-electron chi connectivity index (χ2n) is 6.80. The molecule has 0 atom stereocenters. The first-order valence-electron chi connectivity index (χ1n) is 9.17. The van der Waals surface area contributed by atoms with Crippen LogP contribution in [0.3, 0.4) is 0 Å². The summed E-state index contributed by atoms with van der Waals surface area (Å²) in [6, 6.07) is 13.9. The zero-order valence-corrected chi connectivity index (χ0v) is 15.3. The van der Waals surface area contributed by atoms with Crippen LogP contribution >= 0.6 is 0 Å². The zero-order valence-electron chi connectivity index (χ0n) is 15.3. The van der Waals surface area contributed by atoms with Gasteiger partial charge in [-0.3, -0.25) is 4.79 Å². The van der Waals surface area contributed by atoms with Crippen molar-refractivity contribution in [2.24, 2.45) is 0 Å². The van der Waals surface area contributed by atoms with Crippen molar-refractivity contribution in [1.82, 2.24) is 20.2 Å². The quantitative estimate of drug-likeness (QED) is 0.755. The Labute approximate surface area is 158 Å². The van der Waals surface area contributed by atoms with Crippen LogP contribution in [0, 0.1) is 6.92 Å². The number of benzene rings is 2. The Morgan fingerprint density at radius 2 is 1.96 bits per heavy atom. The minimum Gasteiger partial charge on any atom is -0.370 e. The van der Waals surface area contributed by atoms with Crippen LogP contribution < -0.4 is 10.2 Å². The third kappa shape index (κ3) is 3.81. The molecule has 4 rings (SSSR count). The lowest BCUT2D eigenvalue weighted by Crippen LogP contribution is -2.22. The molecule has 7 heteroatoms. The average Bonchev–Trinajstić information content (AvgIpc) is 3.37. The highest BCUT2D eigenvalue weighted by Gasteiger charge is 2.18. The van der Waals surface area contributed by atoms with Gasteiger partial charge in [0.25, 0.3) is 0 Å². The molecule has 2 aromatic carbocycles. The van der Waals surface area contributed by atoms with Crippen molar-refractivity contribution in [1.29, 1.82) is 0 Å². The first-order valence-corrected chi connectivity index (χ1v) is 9.17. The highest BCUT2D eigenvalue weighted by atomic mass is 16.1. The summed E-state index contributed by atoms with van der Waals surface area (Å²) in [5.41, 5.74) is 4.81. The van der Waals surface area contributed by atoms with E-state index in [0.717, 1.165) is 41.3 Å². The Morgan fingerprint density at radius 3 is 2.70 bits per heavy atom. The molecule has 27 heavy (non-hydrogen) atoms. The first-order chi connectivity index (χ1) is 13.2. The highest BCUT2D eigenvalue weighted by Crippen LogP contribution is 2.31. The molecular formula is C20H22N6O. The van der Waals surface area contributed by atoms with E-state index in [1.807, 2.05) is 49.4 Å². The van der Waals surface area contributed by atoms with E-state index in [-0.39, 0.29) is 5.91 Å². The number of amides is 1. The summed E-state index contributed by atoms with van der Waals surface area (Å²) < 4.78 is 1.59. The fourth-order valence-corrected chi connectivity index (χ4v) is 3.46. The second kappa shape index (κ2) is 7.57. The second-order valence-corrected chi connectivity index (χ2v) is 6.80. The van der Waals surface area contributed by atoms with Crippen LogP contribution in [0.1, 0.15) is 24.0 Å². The number of nitrogens with one attached hydrogen (secondary N) is 1. The normalized spacial score (nSPS) is 13.7.